The van der Waals surface area contributed by atoms with Crippen LogP contribution in [-0.2, 0) is 0 Å². The highest BCUT2D eigenvalue weighted by Gasteiger charge is 2.49. The van der Waals surface area contributed by atoms with Crippen LogP contribution >= 0.6 is 0 Å². The van der Waals surface area contributed by atoms with Gasteiger partial charge in [-0.25, -0.2) is 0 Å². The van der Waals surface area contributed by atoms with Gasteiger partial charge in [0.1, 0.15) is 0 Å². The van der Waals surface area contributed by atoms with Crippen molar-refractivity contribution in [1.29, 1.82) is 0 Å². The van der Waals surface area contributed by atoms with Crippen molar-refractivity contribution in [2.75, 3.05) is 0 Å². The van der Waals surface area contributed by atoms with Crippen molar-refractivity contribution >= 4 is 101 Å². The van der Waals surface area contributed by atoms with Crippen LogP contribution in [0, 0.1) is 0 Å². The van der Waals surface area contributed by atoms with Gasteiger partial charge in [-0.15, -0.1) is 0 Å². The molecule has 0 amide bonds. The molecule has 12 aromatic carbocycles. The maximum absolute atomic E-state index is 2.77. The van der Waals surface area contributed by atoms with Crippen molar-refractivity contribution in [2.45, 2.75) is 0 Å². The smallest absolute Gasteiger partial charge is 0.180 e. The van der Waals surface area contributed by atoms with Crippen LogP contribution in [-0.4, -0.2) is 25.3 Å². The van der Waals surface area contributed by atoms with Crippen LogP contribution in [0.4, 0.5) is 0 Å². The highest BCUT2D eigenvalue weighted by molar-refractivity contribution is 7.22. The molecule has 2 aromatic heterocycles. The SMILES string of the molecule is c1ccc([Si](c2ccccc2)(c2ccccc2)c2cccc(-n3c4ccccc4c4cc(-n5c6ccccc6c6cc(-c7cccc8c7-c7ccccc7[Si]8(c7ccccc7)c7ccccc7)ccc65)ccc43)c2)cc1. The molecular formula is C72H50N2Si2. The number of hydrogen-bond donors (Lipinski definition) is 0. The minimum atomic E-state index is -2.77. The van der Waals surface area contributed by atoms with E-state index in [1.807, 2.05) is 0 Å². The molecule has 3 heterocycles. The summed E-state index contributed by atoms with van der Waals surface area (Å²) < 4.78 is 4.97. The second kappa shape index (κ2) is 17.7. The van der Waals surface area contributed by atoms with Gasteiger partial charge in [-0.2, -0.15) is 0 Å². The van der Waals surface area contributed by atoms with Gasteiger partial charge in [0, 0.05) is 32.9 Å². The third kappa shape index (κ3) is 6.45. The molecule has 15 rings (SSSR count). The summed E-state index contributed by atoms with van der Waals surface area (Å²) in [5, 5.41) is 16.1. The van der Waals surface area contributed by atoms with Gasteiger partial charge in [0.15, 0.2) is 16.1 Å². The Kier molecular flexibility index (Phi) is 10.3. The van der Waals surface area contributed by atoms with Gasteiger partial charge in [-0.1, -0.05) is 249 Å². The summed E-state index contributed by atoms with van der Waals surface area (Å²) in [5.74, 6) is 0. The molecule has 0 spiro atoms. The van der Waals surface area contributed by atoms with E-state index in [1.54, 1.807) is 0 Å². The van der Waals surface area contributed by atoms with Crippen LogP contribution in [0.25, 0.3) is 77.2 Å². The standard InChI is InChI=1S/C72H50N2Si2/c1-6-25-54(26-7-1)75(55-27-8-2-9-28-55,56-29-10-3-11-30-56)59-35-22-24-52(49-59)73-67-41-20-17-37-62(67)65-50-53(45-47-69(65)73)74-66-40-19-16-36-61(66)64-48-51(44-46-68(64)74)60-39-23-43-71-72(60)63-38-18-21-42-70(63)76(71,57-31-12-4-13-32-57)58-33-14-5-15-34-58/h1-50H. The Labute approximate surface area is 444 Å². The van der Waals surface area contributed by atoms with Crippen molar-refractivity contribution in [3.05, 3.63) is 303 Å². The molecule has 0 aliphatic carbocycles. The maximum Gasteiger partial charge on any atom is 0.180 e. The minimum Gasteiger partial charge on any atom is -0.309 e. The molecule has 1 aliphatic rings. The first-order chi connectivity index (χ1) is 37.7. The average molecular weight is 999 g/mol. The Morgan fingerprint density at radius 2 is 0.684 bits per heavy atom. The molecule has 14 aromatic rings. The number of aromatic nitrogens is 2. The lowest BCUT2D eigenvalue weighted by Gasteiger charge is -2.34. The van der Waals surface area contributed by atoms with E-state index in [0.717, 1.165) is 11.4 Å². The van der Waals surface area contributed by atoms with Crippen LogP contribution in [0.5, 0.6) is 0 Å². The Bertz CT molecular complexity index is 4370. The first-order valence-electron chi connectivity index (χ1n) is 26.4. The number of fused-ring (bicyclic) bond motifs is 9. The Balaban J connectivity index is 0.901. The molecule has 0 unspecified atom stereocenters. The summed E-state index contributed by atoms with van der Waals surface area (Å²) in [6.07, 6.45) is 0. The summed E-state index contributed by atoms with van der Waals surface area (Å²) >= 11 is 0. The predicted octanol–water partition coefficient (Wildman–Crippen LogP) is 12.3. The Hall–Kier alpha value is -9.33. The van der Waals surface area contributed by atoms with Crippen molar-refractivity contribution in [1.82, 2.24) is 9.13 Å². The molecule has 4 heteroatoms. The maximum atomic E-state index is 2.49. The third-order valence-electron chi connectivity index (χ3n) is 16.5. The molecule has 0 saturated carbocycles. The summed E-state index contributed by atoms with van der Waals surface area (Å²) in [7, 11) is -5.42. The molecule has 0 radical (unpaired) electrons. The fraction of sp³-hybridized carbons (Fsp3) is 0. The number of nitrogens with zero attached hydrogens (tertiary/aromatic N) is 2. The van der Waals surface area contributed by atoms with Crippen LogP contribution in [0.2, 0.25) is 0 Å². The zero-order valence-corrected chi connectivity index (χ0v) is 43.8. The summed E-state index contributed by atoms with van der Waals surface area (Å²) in [6, 6.07) is 114. The van der Waals surface area contributed by atoms with E-state index < -0.39 is 16.1 Å². The van der Waals surface area contributed by atoms with Gasteiger partial charge in [0.2, 0.25) is 0 Å². The van der Waals surface area contributed by atoms with Crippen LogP contribution < -0.4 is 41.5 Å². The highest BCUT2D eigenvalue weighted by atomic mass is 28.3. The normalized spacial score (nSPS) is 12.8. The van der Waals surface area contributed by atoms with Crippen molar-refractivity contribution in [2.24, 2.45) is 0 Å². The van der Waals surface area contributed by atoms with Gasteiger partial charge in [-0.05, 0) is 118 Å². The van der Waals surface area contributed by atoms with E-state index in [2.05, 4.69) is 312 Å². The minimum absolute atomic E-state index is 1.14. The number of rotatable bonds is 9. The molecule has 2 nitrogen and oxygen atoms in total. The van der Waals surface area contributed by atoms with Crippen molar-refractivity contribution < 1.29 is 0 Å². The largest absolute Gasteiger partial charge is 0.309 e. The Morgan fingerprint density at radius 1 is 0.263 bits per heavy atom. The summed E-state index contributed by atoms with van der Waals surface area (Å²) in [4.78, 5) is 0. The van der Waals surface area contributed by atoms with Gasteiger partial charge in [-0.3, -0.25) is 0 Å². The summed E-state index contributed by atoms with van der Waals surface area (Å²) in [6.45, 7) is 0. The average Bonchev–Trinajstić information content (AvgIpc) is 4.13. The fourth-order valence-corrected chi connectivity index (χ4v) is 23.5. The molecule has 0 bridgehead atoms. The Morgan fingerprint density at radius 3 is 1.28 bits per heavy atom. The molecule has 76 heavy (non-hydrogen) atoms. The van der Waals surface area contributed by atoms with E-state index in [4.69, 9.17) is 0 Å². The topological polar surface area (TPSA) is 9.86 Å². The third-order valence-corrected chi connectivity index (χ3v) is 26.2. The lowest BCUT2D eigenvalue weighted by Crippen LogP contribution is -2.74. The van der Waals surface area contributed by atoms with E-state index in [1.165, 1.54) is 107 Å². The molecule has 0 N–H and O–H groups in total. The quantitative estimate of drug-likeness (QED) is 0.101. The number of para-hydroxylation sites is 2. The first kappa shape index (κ1) is 44.2. The second-order valence-electron chi connectivity index (χ2n) is 20.3. The highest BCUT2D eigenvalue weighted by Crippen LogP contribution is 2.41. The summed E-state index contributed by atoms with van der Waals surface area (Å²) in [5.41, 5.74) is 12.3. The van der Waals surface area contributed by atoms with E-state index in [0.29, 0.717) is 0 Å². The zero-order chi connectivity index (χ0) is 50.2. The van der Waals surface area contributed by atoms with Crippen LogP contribution in [0.3, 0.4) is 0 Å². The van der Waals surface area contributed by atoms with Gasteiger partial charge in [0.05, 0.1) is 22.1 Å². The van der Waals surface area contributed by atoms with Gasteiger partial charge < -0.3 is 9.13 Å². The van der Waals surface area contributed by atoms with Crippen molar-refractivity contribution in [3.63, 3.8) is 0 Å². The number of hydrogen-bond acceptors (Lipinski definition) is 0. The molecule has 0 atom stereocenters. The monoisotopic (exact) mass is 998 g/mol. The molecular weight excluding hydrogens is 949 g/mol. The lowest BCUT2D eigenvalue weighted by atomic mass is 9.94. The van der Waals surface area contributed by atoms with E-state index in [-0.39, 0.29) is 0 Å². The van der Waals surface area contributed by atoms with Crippen LogP contribution in [0.1, 0.15) is 0 Å². The van der Waals surface area contributed by atoms with Gasteiger partial charge >= 0.3 is 0 Å². The number of benzene rings is 12. The zero-order valence-electron chi connectivity index (χ0n) is 41.8. The fourth-order valence-electron chi connectivity index (χ4n) is 13.5. The lowest BCUT2D eigenvalue weighted by molar-refractivity contribution is 1.17. The van der Waals surface area contributed by atoms with Crippen LogP contribution in [0.15, 0.2) is 303 Å². The molecule has 0 saturated heterocycles. The molecule has 1 aliphatic heterocycles. The predicted molar refractivity (Wildman–Crippen MR) is 327 cm³/mol. The van der Waals surface area contributed by atoms with E-state index >= 15 is 0 Å². The van der Waals surface area contributed by atoms with Gasteiger partial charge in [0.25, 0.3) is 0 Å². The molecule has 0 fully saturated rings. The van der Waals surface area contributed by atoms with Crippen molar-refractivity contribution in [3.8, 4) is 33.6 Å². The molecule has 356 valence electrons. The van der Waals surface area contributed by atoms with E-state index in [9.17, 15) is 0 Å². The second-order valence-corrected chi connectivity index (χ2v) is 27.8. The first-order valence-corrected chi connectivity index (χ1v) is 30.4.